The zero-order valence-corrected chi connectivity index (χ0v) is 10.8. The Balaban J connectivity index is 2.27. The number of hydrogen-bond acceptors (Lipinski definition) is 2. The number of aryl methyl sites for hydroxylation is 1. The molecule has 0 fully saturated rings. The first kappa shape index (κ1) is 14.0. The monoisotopic (exact) mass is 239 g/mol. The molecule has 0 aliphatic carbocycles. The molecule has 96 valence electrons. The predicted molar refractivity (Wildman–Crippen MR) is 69.1 cm³/mol. The molecule has 0 heterocycles. The normalized spacial score (nSPS) is 10.5. The van der Waals surface area contributed by atoms with Gasteiger partial charge in [0.05, 0.1) is 7.11 Å². The first-order valence-corrected chi connectivity index (χ1v) is 6.31. The van der Waals surface area contributed by atoms with E-state index in [-0.39, 0.29) is 5.82 Å². The molecule has 0 radical (unpaired) electrons. The lowest BCUT2D eigenvalue weighted by atomic mass is 10.1. The van der Waals surface area contributed by atoms with Gasteiger partial charge in [-0.15, -0.1) is 0 Å². The lowest BCUT2D eigenvalue weighted by molar-refractivity contribution is 0.410. The molecule has 0 bridgehead atoms. The number of benzene rings is 1. The van der Waals surface area contributed by atoms with Gasteiger partial charge in [-0.1, -0.05) is 19.4 Å². The molecular formula is C14H22FNO. The molecule has 2 nitrogen and oxygen atoms in total. The molecule has 0 atom stereocenters. The van der Waals surface area contributed by atoms with Crippen molar-refractivity contribution in [2.45, 2.75) is 32.6 Å². The molecule has 0 saturated heterocycles. The van der Waals surface area contributed by atoms with E-state index in [0.717, 1.165) is 44.3 Å². The van der Waals surface area contributed by atoms with Crippen LogP contribution in [-0.2, 0) is 6.42 Å². The molecule has 0 saturated carbocycles. The third-order valence-corrected chi connectivity index (χ3v) is 2.81. The topological polar surface area (TPSA) is 21.3 Å². The first-order valence-electron chi connectivity index (χ1n) is 6.31. The van der Waals surface area contributed by atoms with Crippen molar-refractivity contribution in [3.8, 4) is 5.75 Å². The summed E-state index contributed by atoms with van der Waals surface area (Å²) in [6, 6.07) is 5.09. The third-order valence-electron chi connectivity index (χ3n) is 2.81. The second-order valence-corrected chi connectivity index (χ2v) is 4.12. The number of halogens is 1. The van der Waals surface area contributed by atoms with Gasteiger partial charge < -0.3 is 10.1 Å². The predicted octanol–water partition coefficient (Wildman–Crippen LogP) is 3.16. The Morgan fingerprint density at radius 1 is 1.24 bits per heavy atom. The Morgan fingerprint density at radius 2 is 2.06 bits per heavy atom. The van der Waals surface area contributed by atoms with Crippen LogP contribution in [0.5, 0.6) is 5.75 Å². The largest absolute Gasteiger partial charge is 0.497 e. The maximum atomic E-state index is 13.6. The Morgan fingerprint density at radius 3 is 2.71 bits per heavy atom. The van der Waals surface area contributed by atoms with Crippen LogP contribution >= 0.6 is 0 Å². The molecule has 1 N–H and O–H groups in total. The van der Waals surface area contributed by atoms with Crippen molar-refractivity contribution >= 4 is 0 Å². The summed E-state index contributed by atoms with van der Waals surface area (Å²) in [6.45, 7) is 4.18. The van der Waals surface area contributed by atoms with Crippen LogP contribution in [0.15, 0.2) is 18.2 Å². The number of rotatable bonds is 8. The molecule has 0 aromatic heterocycles. The van der Waals surface area contributed by atoms with Gasteiger partial charge in [-0.25, -0.2) is 4.39 Å². The van der Waals surface area contributed by atoms with Crippen molar-refractivity contribution < 1.29 is 9.13 Å². The van der Waals surface area contributed by atoms with Gasteiger partial charge >= 0.3 is 0 Å². The standard InChI is InChI=1S/C14H22FNO/c1-3-16-10-6-4-5-7-12-8-9-13(17-2)11-14(12)15/h8-9,11,16H,3-7,10H2,1-2H3. The summed E-state index contributed by atoms with van der Waals surface area (Å²) in [5, 5.41) is 3.28. The van der Waals surface area contributed by atoms with Gasteiger partial charge in [0.1, 0.15) is 11.6 Å². The zero-order valence-electron chi connectivity index (χ0n) is 10.8. The van der Waals surface area contributed by atoms with Crippen LogP contribution in [0.2, 0.25) is 0 Å². The highest BCUT2D eigenvalue weighted by atomic mass is 19.1. The van der Waals surface area contributed by atoms with Gasteiger partial charge in [-0.05, 0) is 44.0 Å². The summed E-state index contributed by atoms with van der Waals surface area (Å²) in [7, 11) is 1.55. The number of ether oxygens (including phenoxy) is 1. The molecule has 3 heteroatoms. The van der Waals surface area contributed by atoms with Crippen molar-refractivity contribution in [1.29, 1.82) is 0 Å². The minimum Gasteiger partial charge on any atom is -0.497 e. The minimum absolute atomic E-state index is 0.156. The van der Waals surface area contributed by atoms with Crippen LogP contribution in [0.4, 0.5) is 4.39 Å². The quantitative estimate of drug-likeness (QED) is 0.704. The summed E-state index contributed by atoms with van der Waals surface area (Å²) in [4.78, 5) is 0. The van der Waals surface area contributed by atoms with Gasteiger partial charge in [0, 0.05) is 6.07 Å². The van der Waals surface area contributed by atoms with Gasteiger partial charge in [-0.2, -0.15) is 0 Å². The average molecular weight is 239 g/mol. The summed E-state index contributed by atoms with van der Waals surface area (Å²) in [5.41, 5.74) is 0.786. The average Bonchev–Trinajstić information content (AvgIpc) is 2.35. The molecule has 0 aliphatic heterocycles. The van der Waals surface area contributed by atoms with Crippen molar-refractivity contribution in [3.05, 3.63) is 29.6 Å². The summed E-state index contributed by atoms with van der Waals surface area (Å²) >= 11 is 0. The lowest BCUT2D eigenvalue weighted by Crippen LogP contribution is -2.13. The van der Waals surface area contributed by atoms with E-state index in [0.29, 0.717) is 5.75 Å². The molecule has 0 amide bonds. The smallest absolute Gasteiger partial charge is 0.130 e. The fourth-order valence-electron chi connectivity index (χ4n) is 1.78. The highest BCUT2D eigenvalue weighted by molar-refractivity contribution is 5.28. The van der Waals surface area contributed by atoms with Gasteiger partial charge in [0.15, 0.2) is 0 Å². The number of methoxy groups -OCH3 is 1. The van der Waals surface area contributed by atoms with E-state index >= 15 is 0 Å². The van der Waals surface area contributed by atoms with Crippen molar-refractivity contribution in [2.24, 2.45) is 0 Å². The second-order valence-electron chi connectivity index (χ2n) is 4.12. The Hall–Kier alpha value is -1.09. The maximum absolute atomic E-state index is 13.6. The summed E-state index contributed by atoms with van der Waals surface area (Å²) < 4.78 is 18.5. The lowest BCUT2D eigenvalue weighted by Gasteiger charge is -2.06. The van der Waals surface area contributed by atoms with Gasteiger partial charge in [0.25, 0.3) is 0 Å². The molecule has 17 heavy (non-hydrogen) atoms. The third kappa shape index (κ3) is 5.18. The van der Waals surface area contributed by atoms with Crippen molar-refractivity contribution in [3.63, 3.8) is 0 Å². The fraction of sp³-hybridized carbons (Fsp3) is 0.571. The SMILES string of the molecule is CCNCCCCCc1ccc(OC)cc1F. The number of hydrogen-bond donors (Lipinski definition) is 1. The van der Waals surface area contributed by atoms with E-state index in [1.54, 1.807) is 7.11 Å². The Bertz CT molecular complexity index is 328. The van der Waals surface area contributed by atoms with Crippen LogP contribution in [0.1, 0.15) is 31.7 Å². The fourth-order valence-corrected chi connectivity index (χ4v) is 1.78. The van der Waals surface area contributed by atoms with Gasteiger partial charge in [0.2, 0.25) is 0 Å². The Labute approximate surface area is 103 Å². The summed E-state index contributed by atoms with van der Waals surface area (Å²) in [5.74, 6) is 0.425. The van der Waals surface area contributed by atoms with Gasteiger partial charge in [-0.3, -0.25) is 0 Å². The van der Waals surface area contributed by atoms with Crippen LogP contribution in [0, 0.1) is 5.82 Å². The van der Waals surface area contributed by atoms with E-state index < -0.39 is 0 Å². The molecule has 0 spiro atoms. The number of nitrogens with one attached hydrogen (secondary N) is 1. The highest BCUT2D eigenvalue weighted by Gasteiger charge is 2.03. The first-order chi connectivity index (χ1) is 8.27. The minimum atomic E-state index is -0.156. The van der Waals surface area contributed by atoms with Crippen LogP contribution in [0.25, 0.3) is 0 Å². The molecule has 0 unspecified atom stereocenters. The van der Waals surface area contributed by atoms with Crippen molar-refractivity contribution in [1.82, 2.24) is 5.32 Å². The zero-order chi connectivity index (χ0) is 12.5. The molecular weight excluding hydrogens is 217 g/mol. The van der Waals surface area contributed by atoms with E-state index in [2.05, 4.69) is 12.2 Å². The molecule has 1 rings (SSSR count). The number of unbranched alkanes of at least 4 members (excludes halogenated alkanes) is 2. The second kappa shape index (κ2) is 8.07. The Kier molecular flexibility index (Phi) is 6.63. The van der Waals surface area contributed by atoms with Crippen molar-refractivity contribution in [2.75, 3.05) is 20.2 Å². The van der Waals surface area contributed by atoms with Crippen LogP contribution in [-0.4, -0.2) is 20.2 Å². The van der Waals surface area contributed by atoms with Crippen LogP contribution in [0.3, 0.4) is 0 Å². The summed E-state index contributed by atoms with van der Waals surface area (Å²) in [6.07, 6.45) is 4.14. The van der Waals surface area contributed by atoms with E-state index in [4.69, 9.17) is 4.74 Å². The van der Waals surface area contributed by atoms with E-state index in [9.17, 15) is 4.39 Å². The molecule has 0 aliphatic rings. The highest BCUT2D eigenvalue weighted by Crippen LogP contribution is 2.18. The van der Waals surface area contributed by atoms with Crippen LogP contribution < -0.4 is 10.1 Å². The molecule has 1 aromatic carbocycles. The van der Waals surface area contributed by atoms with E-state index in [1.807, 2.05) is 12.1 Å². The van der Waals surface area contributed by atoms with E-state index in [1.165, 1.54) is 6.07 Å². The maximum Gasteiger partial charge on any atom is 0.130 e. The molecule has 1 aromatic rings.